The molecule has 6 nitrogen and oxygen atoms in total. The van der Waals surface area contributed by atoms with Crippen LogP contribution in [0.1, 0.15) is 6.42 Å². The van der Waals surface area contributed by atoms with Gasteiger partial charge in [0.25, 0.3) is 0 Å². The second-order valence-corrected chi connectivity index (χ2v) is 6.10. The number of aliphatic carboxylic acids is 1. The second kappa shape index (κ2) is 5.18. The normalized spacial score (nSPS) is 37.2. The van der Waals surface area contributed by atoms with Crippen LogP contribution in [0.3, 0.4) is 0 Å². The van der Waals surface area contributed by atoms with Gasteiger partial charge in [0.05, 0.1) is 11.8 Å². The first-order chi connectivity index (χ1) is 9.56. The third-order valence-electron chi connectivity index (χ3n) is 4.82. The number of carbonyl (C=O) groups is 2. The van der Waals surface area contributed by atoms with Gasteiger partial charge in [-0.1, -0.05) is 12.2 Å². The zero-order valence-electron chi connectivity index (χ0n) is 11.7. The largest absolute Gasteiger partial charge is 0.481 e. The number of nitrogens with one attached hydrogen (secondary N) is 1. The van der Waals surface area contributed by atoms with Gasteiger partial charge in [-0.3, -0.25) is 15.0 Å². The number of piperazine rings is 1. The van der Waals surface area contributed by atoms with Crippen molar-refractivity contribution in [2.24, 2.45) is 23.7 Å². The fourth-order valence-electron chi connectivity index (χ4n) is 3.66. The van der Waals surface area contributed by atoms with Crippen LogP contribution >= 0.6 is 0 Å². The summed E-state index contributed by atoms with van der Waals surface area (Å²) in [5.74, 6) is -1.83. The van der Waals surface area contributed by atoms with Crippen LogP contribution in [0.25, 0.3) is 0 Å². The number of likely N-dealkylation sites (N-methyl/N-ethyl adjacent to an activating group) is 1. The molecule has 1 amide bonds. The van der Waals surface area contributed by atoms with E-state index in [0.29, 0.717) is 0 Å². The number of rotatable bonds is 3. The summed E-state index contributed by atoms with van der Waals surface area (Å²) in [4.78, 5) is 26.1. The first-order valence-corrected chi connectivity index (χ1v) is 7.21. The molecule has 1 saturated heterocycles. The molecule has 0 aromatic heterocycles. The van der Waals surface area contributed by atoms with E-state index in [4.69, 9.17) is 0 Å². The van der Waals surface area contributed by atoms with Crippen molar-refractivity contribution in [2.75, 3.05) is 33.2 Å². The number of fused-ring (bicyclic) bond motifs is 2. The first-order valence-electron chi connectivity index (χ1n) is 7.21. The van der Waals surface area contributed by atoms with Crippen LogP contribution in [0.15, 0.2) is 12.2 Å². The molecule has 2 N–H and O–H groups in total. The predicted octanol–water partition coefficient (Wildman–Crippen LogP) is -0.212. The van der Waals surface area contributed by atoms with E-state index in [9.17, 15) is 14.7 Å². The lowest BCUT2D eigenvalue weighted by Crippen LogP contribution is -2.55. The van der Waals surface area contributed by atoms with Gasteiger partial charge < -0.3 is 10.0 Å². The van der Waals surface area contributed by atoms with E-state index in [-0.39, 0.29) is 17.7 Å². The highest BCUT2D eigenvalue weighted by atomic mass is 16.4. The van der Waals surface area contributed by atoms with Crippen LogP contribution in [0.5, 0.6) is 0 Å². The van der Waals surface area contributed by atoms with Crippen molar-refractivity contribution < 1.29 is 14.7 Å². The van der Waals surface area contributed by atoms with Gasteiger partial charge in [0.2, 0.25) is 5.91 Å². The van der Waals surface area contributed by atoms with E-state index >= 15 is 0 Å². The summed E-state index contributed by atoms with van der Waals surface area (Å²) in [6.07, 6.45) is 4.78. The van der Waals surface area contributed by atoms with E-state index in [2.05, 4.69) is 17.4 Å². The van der Waals surface area contributed by atoms with Crippen LogP contribution in [0.4, 0.5) is 0 Å². The number of carboxylic acid groups (broad SMARTS) is 1. The molecular weight excluding hydrogens is 258 g/mol. The van der Waals surface area contributed by atoms with E-state index in [0.717, 1.165) is 32.6 Å². The maximum atomic E-state index is 12.4. The molecule has 1 saturated carbocycles. The number of carboxylic acids is 1. The van der Waals surface area contributed by atoms with Crippen LogP contribution in [-0.2, 0) is 9.59 Å². The van der Waals surface area contributed by atoms with Crippen LogP contribution in [0.2, 0.25) is 0 Å². The smallest absolute Gasteiger partial charge is 0.307 e. The molecule has 6 heteroatoms. The topological polar surface area (TPSA) is 72.9 Å². The molecule has 2 aliphatic carbocycles. The first kappa shape index (κ1) is 13.6. The molecule has 0 spiro atoms. The lowest BCUT2D eigenvalue weighted by atomic mass is 9.82. The molecule has 4 atom stereocenters. The summed E-state index contributed by atoms with van der Waals surface area (Å²) < 4.78 is 0. The Morgan fingerprint density at radius 2 is 1.70 bits per heavy atom. The quantitative estimate of drug-likeness (QED) is 0.699. The van der Waals surface area contributed by atoms with E-state index < -0.39 is 17.8 Å². The molecule has 2 bridgehead atoms. The van der Waals surface area contributed by atoms with Crippen molar-refractivity contribution in [2.45, 2.75) is 6.42 Å². The maximum Gasteiger partial charge on any atom is 0.307 e. The Kier molecular flexibility index (Phi) is 3.52. The number of hydrogen-bond donors (Lipinski definition) is 2. The van der Waals surface area contributed by atoms with E-state index in [1.807, 2.05) is 17.2 Å². The third kappa shape index (κ3) is 2.33. The molecule has 1 aliphatic heterocycles. The Labute approximate surface area is 118 Å². The molecule has 0 aromatic carbocycles. The molecule has 3 rings (SSSR count). The van der Waals surface area contributed by atoms with Crippen molar-refractivity contribution in [3.05, 3.63) is 12.2 Å². The molecule has 0 unspecified atom stereocenters. The summed E-state index contributed by atoms with van der Waals surface area (Å²) in [5.41, 5.74) is 2.92. The Hall–Kier alpha value is -1.40. The van der Waals surface area contributed by atoms with E-state index in [1.54, 1.807) is 0 Å². The predicted molar refractivity (Wildman–Crippen MR) is 72.6 cm³/mol. The highest BCUT2D eigenvalue weighted by Gasteiger charge is 2.51. The summed E-state index contributed by atoms with van der Waals surface area (Å²) in [7, 11) is 2.06. The highest BCUT2D eigenvalue weighted by molar-refractivity contribution is 5.86. The average Bonchev–Trinajstić information content (AvgIpc) is 3.01. The molecule has 2 fully saturated rings. The van der Waals surface area contributed by atoms with Crippen molar-refractivity contribution in [3.8, 4) is 0 Å². The Morgan fingerprint density at radius 1 is 1.10 bits per heavy atom. The fraction of sp³-hybridized carbons (Fsp3) is 0.714. The van der Waals surface area contributed by atoms with Crippen LogP contribution in [0, 0.1) is 23.7 Å². The van der Waals surface area contributed by atoms with Crippen LogP contribution < -0.4 is 5.43 Å². The summed E-state index contributed by atoms with van der Waals surface area (Å²) >= 11 is 0. The van der Waals surface area contributed by atoms with Gasteiger partial charge in [-0.15, -0.1) is 0 Å². The van der Waals surface area contributed by atoms with Crippen LogP contribution in [-0.4, -0.2) is 60.1 Å². The maximum absolute atomic E-state index is 12.4. The number of carbonyl (C=O) groups excluding carboxylic acids is 1. The third-order valence-corrected chi connectivity index (χ3v) is 4.82. The SMILES string of the molecule is CN1CCN(NC(=O)[C@H]2[C@H](C(=O)O)[C@H]3C=C[C@H]2C3)CC1. The number of amides is 1. The molecule has 0 aromatic rings. The molecular formula is C14H21N3O3. The van der Waals surface area contributed by atoms with Gasteiger partial charge in [-0.05, 0) is 25.3 Å². The minimum absolute atomic E-state index is 0.0285. The van der Waals surface area contributed by atoms with E-state index in [1.165, 1.54) is 0 Å². The van der Waals surface area contributed by atoms with Gasteiger partial charge in [0.15, 0.2) is 0 Å². The lowest BCUT2D eigenvalue weighted by molar-refractivity contribution is -0.149. The number of allylic oxidation sites excluding steroid dienone is 2. The van der Waals surface area contributed by atoms with Crippen molar-refractivity contribution in [3.63, 3.8) is 0 Å². The van der Waals surface area contributed by atoms with Gasteiger partial charge in [-0.2, -0.15) is 0 Å². The van der Waals surface area contributed by atoms with Gasteiger partial charge in [0, 0.05) is 26.2 Å². The Morgan fingerprint density at radius 3 is 2.30 bits per heavy atom. The minimum atomic E-state index is -0.847. The zero-order valence-corrected chi connectivity index (χ0v) is 11.7. The summed E-state index contributed by atoms with van der Waals surface area (Å²) in [5, 5.41) is 11.3. The molecule has 0 radical (unpaired) electrons. The van der Waals surface area contributed by atoms with Gasteiger partial charge >= 0.3 is 5.97 Å². The van der Waals surface area contributed by atoms with Crippen molar-refractivity contribution in [1.29, 1.82) is 0 Å². The number of hydrogen-bond acceptors (Lipinski definition) is 4. The van der Waals surface area contributed by atoms with Crippen molar-refractivity contribution in [1.82, 2.24) is 15.3 Å². The lowest BCUT2D eigenvalue weighted by Gasteiger charge is -2.34. The molecule has 3 aliphatic rings. The average molecular weight is 279 g/mol. The summed E-state index contributed by atoms with van der Waals surface area (Å²) in [6.45, 7) is 3.41. The minimum Gasteiger partial charge on any atom is -0.481 e. The molecule has 1 heterocycles. The monoisotopic (exact) mass is 279 g/mol. The standard InChI is InChI=1S/C14H21N3O3/c1-16-4-6-17(7-5-16)15-13(18)11-9-2-3-10(8-9)12(11)14(19)20/h2-3,9-12H,4-8H2,1H3,(H,15,18)(H,19,20)/t9-,10-,11+,12+/m0/s1. The fourth-order valence-corrected chi connectivity index (χ4v) is 3.66. The zero-order chi connectivity index (χ0) is 14.3. The number of hydrazine groups is 1. The molecule has 110 valence electrons. The number of nitrogens with zero attached hydrogens (tertiary/aromatic N) is 2. The van der Waals surface area contributed by atoms with Gasteiger partial charge in [-0.25, -0.2) is 5.01 Å². The highest BCUT2D eigenvalue weighted by Crippen LogP contribution is 2.48. The Balaban J connectivity index is 1.64. The summed E-state index contributed by atoms with van der Waals surface area (Å²) in [6, 6.07) is 0. The Bertz CT molecular complexity index is 443. The van der Waals surface area contributed by atoms with Crippen molar-refractivity contribution >= 4 is 11.9 Å². The molecule has 20 heavy (non-hydrogen) atoms. The van der Waals surface area contributed by atoms with Gasteiger partial charge in [0.1, 0.15) is 0 Å². The second-order valence-electron chi connectivity index (χ2n) is 6.10.